The average molecular weight is 489 g/mol. The van der Waals surface area contributed by atoms with Crippen LogP contribution < -0.4 is 0 Å². The molecule has 2 aromatic carbocycles. The van der Waals surface area contributed by atoms with Crippen molar-refractivity contribution in [2.75, 3.05) is 6.61 Å². The molecular weight excluding hydrogens is 440 g/mol. The minimum absolute atomic E-state index is 0.194. The molecular formula is C34H48O2. The van der Waals surface area contributed by atoms with Gasteiger partial charge in [0.15, 0.2) is 0 Å². The molecule has 0 bridgehead atoms. The highest BCUT2D eigenvalue weighted by molar-refractivity contribution is 5.90. The molecule has 1 aliphatic carbocycles. The van der Waals surface area contributed by atoms with Crippen molar-refractivity contribution in [2.45, 2.75) is 117 Å². The molecule has 0 saturated heterocycles. The van der Waals surface area contributed by atoms with Crippen LogP contribution in [0, 0.1) is 0 Å². The van der Waals surface area contributed by atoms with Gasteiger partial charge in [0.1, 0.15) is 0 Å². The highest BCUT2D eigenvalue weighted by Gasteiger charge is 2.37. The predicted octanol–water partition coefficient (Wildman–Crippen LogP) is 9.68. The fourth-order valence-electron chi connectivity index (χ4n) is 5.59. The van der Waals surface area contributed by atoms with E-state index in [1.165, 1.54) is 73.6 Å². The van der Waals surface area contributed by atoms with Crippen LogP contribution in [0.5, 0.6) is 0 Å². The minimum atomic E-state index is -0.259. The summed E-state index contributed by atoms with van der Waals surface area (Å²) in [6.45, 7) is 16.4. The van der Waals surface area contributed by atoms with Crippen LogP contribution in [0.3, 0.4) is 0 Å². The maximum absolute atomic E-state index is 12.0. The number of benzene rings is 2. The largest absolute Gasteiger partial charge is 0.462 e. The Morgan fingerprint density at radius 3 is 2.06 bits per heavy atom. The molecule has 0 unspecified atom stereocenters. The van der Waals surface area contributed by atoms with Crippen molar-refractivity contribution in [1.82, 2.24) is 0 Å². The Balaban J connectivity index is 1.95. The zero-order valence-corrected chi connectivity index (χ0v) is 23.9. The Bertz CT molecular complexity index is 1050. The average Bonchev–Trinajstić information content (AvgIpc) is 2.84. The number of unbranched alkanes of at least 4 members (excludes halogenated alkanes) is 5. The van der Waals surface area contributed by atoms with E-state index in [0.29, 0.717) is 12.2 Å². The van der Waals surface area contributed by atoms with Crippen LogP contribution in [0.4, 0.5) is 0 Å². The molecule has 0 fully saturated rings. The Hall–Kier alpha value is -2.35. The number of hydrogen-bond acceptors (Lipinski definition) is 2. The molecule has 2 nitrogen and oxygen atoms in total. The molecule has 0 radical (unpaired) electrons. The normalized spacial score (nSPS) is 16.5. The molecule has 196 valence electrons. The van der Waals surface area contributed by atoms with Crippen LogP contribution >= 0.6 is 0 Å². The van der Waals surface area contributed by atoms with Crippen molar-refractivity contribution >= 4 is 17.6 Å². The van der Waals surface area contributed by atoms with Crippen LogP contribution in [0.25, 0.3) is 11.6 Å². The number of esters is 1. The van der Waals surface area contributed by atoms with Crippen molar-refractivity contribution in [3.05, 3.63) is 69.8 Å². The number of carbonyl (C=O) groups is 1. The highest BCUT2D eigenvalue weighted by Crippen LogP contribution is 2.47. The molecule has 0 heterocycles. The number of hydrogen-bond donors (Lipinski definition) is 0. The number of allylic oxidation sites excluding steroid dienone is 1. The third kappa shape index (κ3) is 6.90. The van der Waals surface area contributed by atoms with Crippen molar-refractivity contribution < 1.29 is 9.53 Å². The molecule has 2 heteroatoms. The first-order chi connectivity index (χ1) is 17.1. The second-order valence-corrected chi connectivity index (χ2v) is 12.0. The zero-order chi connectivity index (χ0) is 26.3. The summed E-state index contributed by atoms with van der Waals surface area (Å²) in [6, 6.07) is 12.9. The monoisotopic (exact) mass is 488 g/mol. The third-order valence-electron chi connectivity index (χ3n) is 8.11. The Morgan fingerprint density at radius 1 is 0.861 bits per heavy atom. The quantitative estimate of drug-likeness (QED) is 0.179. The SMILES string of the molecule is CCCCCCCCc1cc2c(cc1C(C)=Cc1ccc(C(=O)OCC)cc1)C(C)(C)CCC2(C)C. The minimum Gasteiger partial charge on any atom is -0.462 e. The molecule has 2 aromatic rings. The van der Waals surface area contributed by atoms with Crippen molar-refractivity contribution in [3.63, 3.8) is 0 Å². The molecule has 0 amide bonds. The van der Waals surface area contributed by atoms with E-state index in [0.717, 1.165) is 12.0 Å². The van der Waals surface area contributed by atoms with E-state index in [1.807, 2.05) is 31.2 Å². The number of carbonyl (C=O) groups excluding carboxylic acids is 1. The molecule has 0 atom stereocenters. The number of ether oxygens (including phenoxy) is 1. The maximum atomic E-state index is 12.0. The van der Waals surface area contributed by atoms with Gasteiger partial charge in [0.25, 0.3) is 0 Å². The van der Waals surface area contributed by atoms with E-state index in [1.54, 1.807) is 5.56 Å². The van der Waals surface area contributed by atoms with Gasteiger partial charge in [-0.2, -0.15) is 0 Å². The zero-order valence-electron chi connectivity index (χ0n) is 23.9. The highest BCUT2D eigenvalue weighted by atomic mass is 16.5. The fourth-order valence-corrected chi connectivity index (χ4v) is 5.59. The molecule has 0 saturated carbocycles. The summed E-state index contributed by atoms with van der Waals surface area (Å²) >= 11 is 0. The summed E-state index contributed by atoms with van der Waals surface area (Å²) in [4.78, 5) is 12.0. The Kier molecular flexibility index (Phi) is 9.61. The van der Waals surface area contributed by atoms with Crippen molar-refractivity contribution in [3.8, 4) is 0 Å². The van der Waals surface area contributed by atoms with E-state index in [2.05, 4.69) is 59.8 Å². The van der Waals surface area contributed by atoms with Crippen molar-refractivity contribution in [2.24, 2.45) is 0 Å². The lowest BCUT2D eigenvalue weighted by molar-refractivity contribution is 0.0526. The summed E-state index contributed by atoms with van der Waals surface area (Å²) in [5.74, 6) is -0.259. The first-order valence-electron chi connectivity index (χ1n) is 14.2. The summed E-state index contributed by atoms with van der Waals surface area (Å²) < 4.78 is 5.14. The molecule has 0 aromatic heterocycles. The second kappa shape index (κ2) is 12.3. The van der Waals surface area contributed by atoms with E-state index in [4.69, 9.17) is 4.74 Å². The molecule has 0 aliphatic heterocycles. The van der Waals surface area contributed by atoms with Crippen LogP contribution in [-0.4, -0.2) is 12.6 Å². The number of aryl methyl sites for hydroxylation is 1. The topological polar surface area (TPSA) is 26.3 Å². The van der Waals surface area contributed by atoms with Gasteiger partial charge in [0.05, 0.1) is 12.2 Å². The lowest BCUT2D eigenvalue weighted by atomic mass is 9.62. The van der Waals surface area contributed by atoms with Crippen LogP contribution in [-0.2, 0) is 22.0 Å². The van der Waals surface area contributed by atoms with E-state index < -0.39 is 0 Å². The van der Waals surface area contributed by atoms with Gasteiger partial charge in [-0.15, -0.1) is 0 Å². The maximum Gasteiger partial charge on any atom is 0.338 e. The second-order valence-electron chi connectivity index (χ2n) is 12.0. The van der Waals surface area contributed by atoms with Crippen LogP contribution in [0.15, 0.2) is 36.4 Å². The van der Waals surface area contributed by atoms with Crippen LogP contribution in [0.1, 0.15) is 138 Å². The molecule has 3 rings (SSSR count). The van der Waals surface area contributed by atoms with E-state index in [-0.39, 0.29) is 16.8 Å². The summed E-state index contributed by atoms with van der Waals surface area (Å²) in [6.07, 6.45) is 13.8. The van der Waals surface area contributed by atoms with Gasteiger partial charge in [-0.3, -0.25) is 0 Å². The van der Waals surface area contributed by atoms with E-state index in [9.17, 15) is 4.79 Å². The Morgan fingerprint density at radius 2 is 1.44 bits per heavy atom. The summed E-state index contributed by atoms with van der Waals surface area (Å²) in [7, 11) is 0. The van der Waals surface area contributed by atoms with E-state index >= 15 is 0 Å². The molecule has 0 spiro atoms. The van der Waals surface area contributed by atoms with Crippen LogP contribution in [0.2, 0.25) is 0 Å². The molecule has 36 heavy (non-hydrogen) atoms. The predicted molar refractivity (Wildman–Crippen MR) is 155 cm³/mol. The number of rotatable bonds is 11. The van der Waals surface area contributed by atoms with Gasteiger partial charge in [0.2, 0.25) is 0 Å². The smallest absolute Gasteiger partial charge is 0.338 e. The molecule has 1 aliphatic rings. The van der Waals surface area contributed by atoms with Gasteiger partial charge >= 0.3 is 5.97 Å². The fraction of sp³-hybridized carbons (Fsp3) is 0.559. The standard InChI is InChI=1S/C34H48O2/c1-8-10-11-12-13-14-15-28-23-30-31(34(6,7)21-20-33(30,4)5)24-29(28)25(3)22-26-16-18-27(19-17-26)32(35)36-9-2/h16-19,22-24H,8-15,20-21H2,1-7H3. The first kappa shape index (κ1) is 28.2. The van der Waals surface area contributed by atoms with Gasteiger partial charge in [-0.05, 0) is 95.9 Å². The summed E-state index contributed by atoms with van der Waals surface area (Å²) in [5, 5.41) is 0. The molecule has 0 N–H and O–H groups in total. The van der Waals surface area contributed by atoms with Gasteiger partial charge in [0, 0.05) is 0 Å². The lowest BCUT2D eigenvalue weighted by Gasteiger charge is -2.42. The van der Waals surface area contributed by atoms with Gasteiger partial charge in [-0.25, -0.2) is 4.79 Å². The summed E-state index contributed by atoms with van der Waals surface area (Å²) in [5.41, 5.74) is 9.38. The van der Waals surface area contributed by atoms with Gasteiger partial charge < -0.3 is 4.74 Å². The number of fused-ring (bicyclic) bond motifs is 1. The van der Waals surface area contributed by atoms with Crippen molar-refractivity contribution in [1.29, 1.82) is 0 Å². The first-order valence-corrected chi connectivity index (χ1v) is 14.2. The lowest BCUT2D eigenvalue weighted by Crippen LogP contribution is -2.34. The van der Waals surface area contributed by atoms with Gasteiger partial charge in [-0.1, -0.05) is 97.1 Å². The third-order valence-corrected chi connectivity index (χ3v) is 8.11. The Labute approximate surface area is 220 Å².